The van der Waals surface area contributed by atoms with Crippen LogP contribution in [0.25, 0.3) is 0 Å². The van der Waals surface area contributed by atoms with Gasteiger partial charge in [-0.1, -0.05) is 6.07 Å². The number of pyridine rings is 1. The summed E-state index contributed by atoms with van der Waals surface area (Å²) in [4.78, 5) is 32.1. The van der Waals surface area contributed by atoms with Gasteiger partial charge in [0.25, 0.3) is 0 Å². The molecule has 9 nitrogen and oxygen atoms in total. The lowest BCUT2D eigenvalue weighted by atomic mass is 9.97. The van der Waals surface area contributed by atoms with Crippen molar-refractivity contribution in [2.75, 3.05) is 25.0 Å². The first-order valence-electron chi connectivity index (χ1n) is 10.3. The number of aromatic amines is 1. The van der Waals surface area contributed by atoms with Crippen molar-refractivity contribution in [1.29, 1.82) is 0 Å². The van der Waals surface area contributed by atoms with E-state index in [0.29, 0.717) is 30.0 Å². The van der Waals surface area contributed by atoms with Crippen LogP contribution in [0.4, 0.5) is 5.82 Å². The summed E-state index contributed by atoms with van der Waals surface area (Å²) in [6, 6.07) is 3.66. The number of hydrogen-bond donors (Lipinski definition) is 2. The first kappa shape index (κ1) is 23.0. The lowest BCUT2D eigenvalue weighted by Gasteiger charge is -2.30. The van der Waals surface area contributed by atoms with Crippen molar-refractivity contribution in [2.24, 2.45) is 5.92 Å². The van der Waals surface area contributed by atoms with E-state index in [0.717, 1.165) is 5.56 Å². The van der Waals surface area contributed by atoms with Gasteiger partial charge in [0.2, 0.25) is 15.9 Å². The molecule has 3 rings (SSSR count). The second kappa shape index (κ2) is 9.19. The minimum Gasteiger partial charge on any atom is -0.462 e. The molecular weight excluding hydrogens is 420 g/mol. The van der Waals surface area contributed by atoms with Gasteiger partial charge in [0.05, 0.1) is 6.61 Å². The molecule has 0 aliphatic carbocycles. The number of piperidine rings is 1. The van der Waals surface area contributed by atoms with E-state index in [4.69, 9.17) is 4.74 Å². The number of nitrogens with zero attached hydrogens (tertiary/aromatic N) is 2. The molecule has 3 heterocycles. The Morgan fingerprint density at radius 3 is 2.52 bits per heavy atom. The highest BCUT2D eigenvalue weighted by atomic mass is 32.2. The number of aryl methyl sites for hydroxylation is 3. The minimum absolute atomic E-state index is 0.0459. The van der Waals surface area contributed by atoms with Gasteiger partial charge in [-0.2, -0.15) is 4.31 Å². The molecular formula is C21H28N4O5S. The van der Waals surface area contributed by atoms with E-state index in [1.807, 2.05) is 13.0 Å². The second-order valence-electron chi connectivity index (χ2n) is 7.64. The normalized spacial score (nSPS) is 15.6. The Morgan fingerprint density at radius 1 is 1.23 bits per heavy atom. The van der Waals surface area contributed by atoms with E-state index < -0.39 is 16.0 Å². The van der Waals surface area contributed by atoms with Crippen LogP contribution in [0.15, 0.2) is 23.2 Å². The summed E-state index contributed by atoms with van der Waals surface area (Å²) in [5.74, 6) is -0.630. The van der Waals surface area contributed by atoms with E-state index in [1.54, 1.807) is 33.0 Å². The standard InChI is InChI=1S/C21H28N4O5S/c1-5-30-21(27)17-14(3)23-15(4)18(17)31(28,29)25-11-8-16(9-12-25)20(26)24-19-13(2)7-6-10-22-19/h6-7,10,16,23H,5,8-9,11-12H2,1-4H3,(H,22,24,26). The molecule has 10 heteroatoms. The van der Waals surface area contributed by atoms with Gasteiger partial charge in [0.1, 0.15) is 16.3 Å². The van der Waals surface area contributed by atoms with E-state index >= 15 is 0 Å². The van der Waals surface area contributed by atoms with E-state index in [2.05, 4.69) is 15.3 Å². The number of H-pyrrole nitrogens is 1. The lowest BCUT2D eigenvalue weighted by Crippen LogP contribution is -2.42. The number of hydrogen-bond acceptors (Lipinski definition) is 6. The molecule has 168 valence electrons. The van der Waals surface area contributed by atoms with Gasteiger partial charge in [0, 0.05) is 36.6 Å². The smallest absolute Gasteiger partial charge is 0.341 e. The number of anilines is 1. The van der Waals surface area contributed by atoms with Crippen LogP contribution in [0.5, 0.6) is 0 Å². The Hall–Kier alpha value is -2.72. The van der Waals surface area contributed by atoms with Gasteiger partial charge < -0.3 is 15.0 Å². The maximum Gasteiger partial charge on any atom is 0.341 e. The van der Waals surface area contributed by atoms with E-state index in [1.165, 1.54) is 4.31 Å². The maximum absolute atomic E-state index is 13.4. The third-order valence-corrected chi connectivity index (χ3v) is 7.54. The quantitative estimate of drug-likeness (QED) is 0.655. The number of nitrogens with one attached hydrogen (secondary N) is 2. The van der Waals surface area contributed by atoms with Crippen molar-refractivity contribution in [2.45, 2.75) is 45.4 Å². The first-order chi connectivity index (χ1) is 14.7. The average Bonchev–Trinajstić information content (AvgIpc) is 3.04. The second-order valence-corrected chi connectivity index (χ2v) is 9.51. The van der Waals surface area contributed by atoms with Crippen LogP contribution in [0.1, 0.15) is 47.1 Å². The number of carbonyl (C=O) groups excluding carboxylic acids is 2. The highest BCUT2D eigenvalue weighted by Gasteiger charge is 2.37. The van der Waals surface area contributed by atoms with Gasteiger partial charge in [-0.15, -0.1) is 0 Å². The lowest BCUT2D eigenvalue weighted by molar-refractivity contribution is -0.120. The fraction of sp³-hybridized carbons (Fsp3) is 0.476. The fourth-order valence-electron chi connectivity index (χ4n) is 3.85. The molecule has 31 heavy (non-hydrogen) atoms. The number of carbonyl (C=O) groups is 2. The van der Waals surface area contributed by atoms with Gasteiger partial charge in [-0.05, 0) is 52.2 Å². The molecule has 2 N–H and O–H groups in total. The summed E-state index contributed by atoms with van der Waals surface area (Å²) in [7, 11) is -3.92. The number of aromatic nitrogens is 2. The van der Waals surface area contributed by atoms with Crippen LogP contribution in [-0.2, 0) is 19.6 Å². The zero-order valence-corrected chi connectivity index (χ0v) is 19.0. The predicted octanol–water partition coefficient (Wildman–Crippen LogP) is 2.55. The van der Waals surface area contributed by atoms with Crippen LogP contribution >= 0.6 is 0 Å². The van der Waals surface area contributed by atoms with Crippen molar-refractivity contribution in [1.82, 2.24) is 14.3 Å². The third kappa shape index (κ3) is 4.64. The number of esters is 1. The summed E-state index contributed by atoms with van der Waals surface area (Å²) >= 11 is 0. The maximum atomic E-state index is 13.4. The highest BCUT2D eigenvalue weighted by molar-refractivity contribution is 7.89. The van der Waals surface area contributed by atoms with Crippen molar-refractivity contribution >= 4 is 27.7 Å². The molecule has 0 aromatic carbocycles. The Kier molecular flexibility index (Phi) is 6.80. The average molecular weight is 449 g/mol. The number of rotatable bonds is 6. The van der Waals surface area contributed by atoms with Crippen molar-refractivity contribution < 1.29 is 22.7 Å². The molecule has 2 aromatic rings. The number of ether oxygens (including phenoxy) is 1. The van der Waals surface area contributed by atoms with E-state index in [9.17, 15) is 18.0 Å². The van der Waals surface area contributed by atoms with Gasteiger partial charge in [-0.3, -0.25) is 4.79 Å². The molecule has 2 aromatic heterocycles. The fourth-order valence-corrected chi connectivity index (χ4v) is 5.73. The number of sulfonamides is 1. The van der Waals surface area contributed by atoms with Crippen molar-refractivity contribution in [3.63, 3.8) is 0 Å². The van der Waals surface area contributed by atoms with Crippen LogP contribution in [-0.4, -0.2) is 54.3 Å². The zero-order chi connectivity index (χ0) is 22.8. The molecule has 0 radical (unpaired) electrons. The monoisotopic (exact) mass is 448 g/mol. The Labute approximate surface area is 182 Å². The van der Waals surface area contributed by atoms with Crippen LogP contribution in [0.2, 0.25) is 0 Å². The molecule has 1 fully saturated rings. The SMILES string of the molecule is CCOC(=O)c1c(C)[nH]c(C)c1S(=O)(=O)N1CCC(C(=O)Nc2ncccc2C)CC1. The Bertz CT molecular complexity index is 1090. The molecule has 1 aliphatic heterocycles. The molecule has 0 atom stereocenters. The zero-order valence-electron chi connectivity index (χ0n) is 18.2. The highest BCUT2D eigenvalue weighted by Crippen LogP contribution is 2.30. The number of amides is 1. The minimum atomic E-state index is -3.92. The molecule has 1 saturated heterocycles. The molecule has 0 bridgehead atoms. The van der Waals surface area contributed by atoms with E-state index in [-0.39, 0.29) is 42.0 Å². The molecule has 1 aliphatic rings. The summed E-state index contributed by atoms with van der Waals surface area (Å²) in [6.07, 6.45) is 2.38. The summed E-state index contributed by atoms with van der Waals surface area (Å²) in [5.41, 5.74) is 1.76. The first-order valence-corrected chi connectivity index (χ1v) is 11.7. The Morgan fingerprint density at radius 2 is 1.90 bits per heavy atom. The van der Waals surface area contributed by atoms with Crippen LogP contribution in [0, 0.1) is 26.7 Å². The van der Waals surface area contributed by atoms with Gasteiger partial charge in [-0.25, -0.2) is 18.2 Å². The van der Waals surface area contributed by atoms with Crippen LogP contribution in [0.3, 0.4) is 0 Å². The summed E-state index contributed by atoms with van der Waals surface area (Å²) in [5, 5.41) is 2.83. The largest absolute Gasteiger partial charge is 0.462 e. The van der Waals surface area contributed by atoms with Crippen LogP contribution < -0.4 is 5.32 Å². The van der Waals surface area contributed by atoms with Gasteiger partial charge in [0.15, 0.2) is 0 Å². The molecule has 0 spiro atoms. The summed E-state index contributed by atoms with van der Waals surface area (Å²) < 4.78 is 33.1. The van der Waals surface area contributed by atoms with Crippen molar-refractivity contribution in [3.05, 3.63) is 40.8 Å². The third-order valence-electron chi connectivity index (χ3n) is 5.47. The molecule has 0 unspecified atom stereocenters. The Balaban J connectivity index is 1.74. The summed E-state index contributed by atoms with van der Waals surface area (Å²) in [6.45, 7) is 7.33. The topological polar surface area (TPSA) is 121 Å². The van der Waals surface area contributed by atoms with Crippen molar-refractivity contribution in [3.8, 4) is 0 Å². The molecule has 0 saturated carbocycles. The molecule has 1 amide bonds. The predicted molar refractivity (Wildman–Crippen MR) is 115 cm³/mol. The van der Waals surface area contributed by atoms with Gasteiger partial charge >= 0.3 is 5.97 Å².